The Morgan fingerprint density at radius 3 is 2.76 bits per heavy atom. The predicted molar refractivity (Wildman–Crippen MR) is 64.9 cm³/mol. The van der Waals surface area contributed by atoms with Gasteiger partial charge in [0.05, 0.1) is 6.42 Å². The topological polar surface area (TPSA) is 69.6 Å². The van der Waals surface area contributed by atoms with Gasteiger partial charge in [0.2, 0.25) is 0 Å². The standard InChI is InChI=1S/C12H22N2O3/c1-9(8-11(15)16)13-12(17)14-7-5-3-4-6-10(14)2/h9-10H,3-8H2,1-2H3,(H,13,17)(H,15,16). The van der Waals surface area contributed by atoms with Gasteiger partial charge < -0.3 is 15.3 Å². The summed E-state index contributed by atoms with van der Waals surface area (Å²) in [6.07, 6.45) is 4.36. The average molecular weight is 242 g/mol. The summed E-state index contributed by atoms with van der Waals surface area (Å²) in [6, 6.07) is -0.210. The van der Waals surface area contributed by atoms with E-state index in [1.165, 1.54) is 6.42 Å². The maximum atomic E-state index is 12.0. The summed E-state index contributed by atoms with van der Waals surface area (Å²) in [4.78, 5) is 24.3. The molecular formula is C12H22N2O3. The molecule has 5 heteroatoms. The number of amides is 2. The second-order valence-corrected chi connectivity index (χ2v) is 4.84. The van der Waals surface area contributed by atoms with Crippen LogP contribution in [0.5, 0.6) is 0 Å². The Bertz CT molecular complexity index is 281. The van der Waals surface area contributed by atoms with Crippen molar-refractivity contribution in [3.63, 3.8) is 0 Å². The van der Waals surface area contributed by atoms with Crippen LogP contribution in [0.25, 0.3) is 0 Å². The first-order valence-corrected chi connectivity index (χ1v) is 6.29. The van der Waals surface area contributed by atoms with Crippen molar-refractivity contribution in [1.29, 1.82) is 0 Å². The highest BCUT2D eigenvalue weighted by atomic mass is 16.4. The fourth-order valence-corrected chi connectivity index (χ4v) is 2.18. The van der Waals surface area contributed by atoms with Crippen LogP contribution < -0.4 is 5.32 Å². The number of rotatable bonds is 3. The summed E-state index contributed by atoms with van der Waals surface area (Å²) < 4.78 is 0. The highest BCUT2D eigenvalue weighted by Crippen LogP contribution is 2.16. The third kappa shape index (κ3) is 4.63. The van der Waals surface area contributed by atoms with Gasteiger partial charge in [-0.3, -0.25) is 4.79 Å². The molecule has 0 bridgehead atoms. The number of carboxylic acid groups (broad SMARTS) is 1. The minimum absolute atomic E-state index is 0.0338. The summed E-state index contributed by atoms with van der Waals surface area (Å²) in [5.41, 5.74) is 0. The molecule has 2 atom stereocenters. The van der Waals surface area contributed by atoms with Gasteiger partial charge in [0, 0.05) is 18.6 Å². The molecule has 98 valence electrons. The van der Waals surface area contributed by atoms with Crippen molar-refractivity contribution >= 4 is 12.0 Å². The van der Waals surface area contributed by atoms with Crippen LogP contribution in [0.15, 0.2) is 0 Å². The van der Waals surface area contributed by atoms with Crippen molar-refractivity contribution in [3.05, 3.63) is 0 Å². The van der Waals surface area contributed by atoms with Crippen molar-refractivity contribution < 1.29 is 14.7 Å². The first-order chi connectivity index (χ1) is 8.00. The number of hydrogen-bond acceptors (Lipinski definition) is 2. The fourth-order valence-electron chi connectivity index (χ4n) is 2.18. The molecule has 2 unspecified atom stereocenters. The Morgan fingerprint density at radius 2 is 2.12 bits per heavy atom. The van der Waals surface area contributed by atoms with E-state index in [0.717, 1.165) is 25.8 Å². The summed E-state index contributed by atoms with van der Waals surface area (Å²) in [6.45, 7) is 4.54. The lowest BCUT2D eigenvalue weighted by Crippen LogP contribution is -2.48. The largest absolute Gasteiger partial charge is 0.481 e. The number of carbonyl (C=O) groups is 2. The Hall–Kier alpha value is -1.26. The molecule has 0 aromatic heterocycles. The second-order valence-electron chi connectivity index (χ2n) is 4.84. The zero-order chi connectivity index (χ0) is 12.8. The van der Waals surface area contributed by atoms with Crippen molar-refractivity contribution in [2.45, 2.75) is 58.0 Å². The molecule has 1 fully saturated rings. The monoisotopic (exact) mass is 242 g/mol. The lowest BCUT2D eigenvalue weighted by atomic mass is 10.1. The Labute approximate surface area is 102 Å². The Kier molecular flexibility index (Phi) is 5.25. The van der Waals surface area contributed by atoms with Crippen LogP contribution in [-0.2, 0) is 4.79 Å². The van der Waals surface area contributed by atoms with Gasteiger partial charge in [0.1, 0.15) is 0 Å². The second kappa shape index (κ2) is 6.47. The normalized spacial score (nSPS) is 22.7. The molecule has 1 saturated heterocycles. The van der Waals surface area contributed by atoms with E-state index < -0.39 is 5.97 Å². The van der Waals surface area contributed by atoms with Gasteiger partial charge in [-0.05, 0) is 26.7 Å². The number of likely N-dealkylation sites (tertiary alicyclic amines) is 1. The highest BCUT2D eigenvalue weighted by Gasteiger charge is 2.23. The van der Waals surface area contributed by atoms with Crippen LogP contribution in [0.3, 0.4) is 0 Å². The third-order valence-electron chi connectivity index (χ3n) is 3.16. The van der Waals surface area contributed by atoms with Gasteiger partial charge in [0.25, 0.3) is 0 Å². The molecule has 0 spiro atoms. The number of hydrogen-bond donors (Lipinski definition) is 2. The quantitative estimate of drug-likeness (QED) is 0.793. The number of carbonyl (C=O) groups excluding carboxylic acids is 1. The molecule has 1 heterocycles. The van der Waals surface area contributed by atoms with E-state index in [1.807, 2.05) is 11.8 Å². The number of nitrogens with zero attached hydrogens (tertiary/aromatic N) is 1. The molecule has 0 radical (unpaired) electrons. The van der Waals surface area contributed by atoms with Crippen molar-refractivity contribution in [2.75, 3.05) is 6.54 Å². The van der Waals surface area contributed by atoms with Crippen molar-refractivity contribution in [1.82, 2.24) is 10.2 Å². The average Bonchev–Trinajstić information content (AvgIpc) is 2.41. The molecule has 0 saturated carbocycles. The van der Waals surface area contributed by atoms with Gasteiger partial charge in [-0.1, -0.05) is 12.8 Å². The first kappa shape index (κ1) is 13.8. The van der Waals surface area contributed by atoms with E-state index in [0.29, 0.717) is 0 Å². The Balaban J connectivity index is 2.47. The van der Waals surface area contributed by atoms with E-state index in [-0.39, 0.29) is 24.5 Å². The number of nitrogens with one attached hydrogen (secondary N) is 1. The van der Waals surface area contributed by atoms with Crippen LogP contribution in [0.2, 0.25) is 0 Å². The van der Waals surface area contributed by atoms with Gasteiger partial charge in [0.15, 0.2) is 0 Å². The van der Waals surface area contributed by atoms with Crippen molar-refractivity contribution in [3.8, 4) is 0 Å². The molecule has 0 aromatic rings. The number of urea groups is 1. The maximum absolute atomic E-state index is 12.0. The molecule has 2 amide bonds. The summed E-state index contributed by atoms with van der Waals surface area (Å²) in [5, 5.41) is 11.4. The smallest absolute Gasteiger partial charge is 0.317 e. The van der Waals surface area contributed by atoms with Gasteiger partial charge in [-0.15, -0.1) is 0 Å². The maximum Gasteiger partial charge on any atom is 0.317 e. The molecule has 5 nitrogen and oxygen atoms in total. The molecule has 0 aromatic carbocycles. The minimum atomic E-state index is -0.887. The van der Waals surface area contributed by atoms with Crippen LogP contribution >= 0.6 is 0 Å². The molecule has 0 aliphatic carbocycles. The summed E-state index contributed by atoms with van der Waals surface area (Å²) >= 11 is 0. The summed E-state index contributed by atoms with van der Waals surface area (Å²) in [5.74, 6) is -0.887. The SMILES string of the molecule is CC(CC(=O)O)NC(=O)N1CCCCCC1C. The van der Waals surface area contributed by atoms with E-state index in [4.69, 9.17) is 5.11 Å². The van der Waals surface area contributed by atoms with Crippen LogP contribution in [0.1, 0.15) is 46.0 Å². The Morgan fingerprint density at radius 1 is 1.41 bits per heavy atom. The zero-order valence-electron chi connectivity index (χ0n) is 10.6. The molecule has 1 aliphatic heterocycles. The van der Waals surface area contributed by atoms with E-state index in [1.54, 1.807) is 6.92 Å². The van der Waals surface area contributed by atoms with Gasteiger partial charge in [-0.25, -0.2) is 4.79 Å². The third-order valence-corrected chi connectivity index (χ3v) is 3.16. The molecule has 17 heavy (non-hydrogen) atoms. The molecule has 1 rings (SSSR count). The van der Waals surface area contributed by atoms with Crippen LogP contribution in [0, 0.1) is 0 Å². The summed E-state index contributed by atoms with van der Waals surface area (Å²) in [7, 11) is 0. The molecule has 1 aliphatic rings. The van der Waals surface area contributed by atoms with Crippen molar-refractivity contribution in [2.24, 2.45) is 0 Å². The van der Waals surface area contributed by atoms with E-state index in [9.17, 15) is 9.59 Å². The minimum Gasteiger partial charge on any atom is -0.481 e. The van der Waals surface area contributed by atoms with E-state index >= 15 is 0 Å². The van der Waals surface area contributed by atoms with E-state index in [2.05, 4.69) is 5.32 Å². The predicted octanol–water partition coefficient (Wildman–Crippen LogP) is 1.82. The zero-order valence-corrected chi connectivity index (χ0v) is 10.6. The first-order valence-electron chi connectivity index (χ1n) is 6.29. The molecule has 2 N–H and O–H groups in total. The van der Waals surface area contributed by atoms with Gasteiger partial charge in [-0.2, -0.15) is 0 Å². The number of carboxylic acids is 1. The highest BCUT2D eigenvalue weighted by molar-refractivity contribution is 5.76. The lowest BCUT2D eigenvalue weighted by Gasteiger charge is -2.28. The fraction of sp³-hybridized carbons (Fsp3) is 0.833. The lowest BCUT2D eigenvalue weighted by molar-refractivity contribution is -0.137. The van der Waals surface area contributed by atoms with Crippen LogP contribution in [0.4, 0.5) is 4.79 Å². The van der Waals surface area contributed by atoms with Gasteiger partial charge >= 0.3 is 12.0 Å². The molecular weight excluding hydrogens is 220 g/mol. The van der Waals surface area contributed by atoms with Crippen LogP contribution in [-0.4, -0.2) is 40.6 Å². The number of aliphatic carboxylic acids is 1.